The number of hydrogen-bond donors (Lipinski definition) is 6. The van der Waals surface area contributed by atoms with E-state index in [1.807, 2.05) is 0 Å². The number of aliphatic hydroxyl groups excluding tert-OH is 2. The minimum Gasteiger partial charge on any atom is -0.394 e. The minimum atomic E-state index is -1.42. The summed E-state index contributed by atoms with van der Waals surface area (Å²) in [4.78, 5) is 67.0. The van der Waals surface area contributed by atoms with Gasteiger partial charge < -0.3 is 36.4 Å². The maximum Gasteiger partial charge on any atom is 0.248 e. The number of nitrogens with one attached hydrogen (secondary N) is 4. The first-order valence-electron chi connectivity index (χ1n) is 12.5. The van der Waals surface area contributed by atoms with E-state index in [2.05, 4.69) is 21.3 Å². The molecule has 2 aliphatic heterocycles. The number of hydrogen-bond acceptors (Lipinski definition) is 7. The van der Waals surface area contributed by atoms with Gasteiger partial charge in [0.1, 0.15) is 24.2 Å². The second kappa shape index (κ2) is 13.4. The molecular formula is C25H33Cl2N5O7. The molecule has 6 N–H and O–H groups in total. The van der Waals surface area contributed by atoms with Gasteiger partial charge in [0.05, 0.1) is 36.4 Å². The summed E-state index contributed by atoms with van der Waals surface area (Å²) in [5, 5.41) is 28.1. The van der Waals surface area contributed by atoms with E-state index < -0.39 is 89.6 Å². The van der Waals surface area contributed by atoms with Gasteiger partial charge >= 0.3 is 0 Å². The highest BCUT2D eigenvalue weighted by molar-refractivity contribution is 6.32. The highest BCUT2D eigenvalue weighted by atomic mass is 35.5. The Morgan fingerprint density at radius 2 is 1.51 bits per heavy atom. The summed E-state index contributed by atoms with van der Waals surface area (Å²) in [6.07, 6.45) is -0.333. The van der Waals surface area contributed by atoms with Gasteiger partial charge in [-0.05, 0) is 11.5 Å². The lowest BCUT2D eigenvalue weighted by molar-refractivity contribution is -0.143. The molecule has 5 amide bonds. The van der Waals surface area contributed by atoms with Gasteiger partial charge in [-0.3, -0.25) is 24.0 Å². The number of benzene rings is 1. The predicted octanol–water partition coefficient (Wildman–Crippen LogP) is -1.23. The van der Waals surface area contributed by atoms with Crippen molar-refractivity contribution in [1.29, 1.82) is 0 Å². The van der Waals surface area contributed by atoms with E-state index in [0.717, 1.165) is 4.90 Å². The van der Waals surface area contributed by atoms with Crippen molar-refractivity contribution in [2.75, 3.05) is 19.8 Å². The van der Waals surface area contributed by atoms with Crippen LogP contribution in [0.25, 0.3) is 0 Å². The molecule has 2 fully saturated rings. The van der Waals surface area contributed by atoms with Crippen LogP contribution in [0.4, 0.5) is 0 Å². The zero-order valence-electron chi connectivity index (χ0n) is 21.5. The maximum atomic E-state index is 13.4. The van der Waals surface area contributed by atoms with E-state index in [-0.39, 0.29) is 13.0 Å². The van der Waals surface area contributed by atoms with Crippen LogP contribution >= 0.6 is 23.2 Å². The molecule has 0 saturated carbocycles. The lowest BCUT2D eigenvalue weighted by Gasteiger charge is -2.32. The fraction of sp³-hybridized carbons (Fsp3) is 0.560. The maximum absolute atomic E-state index is 13.4. The third-order valence-corrected chi connectivity index (χ3v) is 7.77. The van der Waals surface area contributed by atoms with Crippen LogP contribution in [0.3, 0.4) is 0 Å². The van der Waals surface area contributed by atoms with E-state index in [1.54, 1.807) is 44.2 Å². The van der Waals surface area contributed by atoms with Crippen LogP contribution in [0.2, 0.25) is 0 Å². The fourth-order valence-corrected chi connectivity index (χ4v) is 5.17. The van der Waals surface area contributed by atoms with Gasteiger partial charge in [-0.15, -0.1) is 23.2 Å². The standard InChI is InChI=1S/C25H33Cl2N5O7/c1-12(2)20-23(37)30-16(10-33)22(36)29-15(13-6-4-3-5-7-13)8-18(35)28-17(11-34)25(39)32-9-14(26)19(27)21(32)24(38)31-20/h3-7,12,14-17,19-21,33-34H,8-11H2,1-2H3,(H,28,35)(H,29,36)(H,30,37)(H,31,38)/t14-,15-,16+,17+,19-,20+,21+/m1/s1. The van der Waals surface area contributed by atoms with Gasteiger partial charge in [0.2, 0.25) is 29.5 Å². The number of nitrogens with zero attached hydrogens (tertiary/aromatic N) is 1. The Hall–Kier alpha value is -2.93. The predicted molar refractivity (Wildman–Crippen MR) is 142 cm³/mol. The van der Waals surface area contributed by atoms with Crippen LogP contribution in [0, 0.1) is 5.92 Å². The van der Waals surface area contributed by atoms with Crippen molar-refractivity contribution in [3.8, 4) is 0 Å². The summed E-state index contributed by atoms with van der Waals surface area (Å²) >= 11 is 12.7. The first-order chi connectivity index (χ1) is 18.5. The lowest BCUT2D eigenvalue weighted by Crippen LogP contribution is -2.61. The highest BCUT2D eigenvalue weighted by Crippen LogP contribution is 2.29. The molecule has 2 aliphatic rings. The minimum absolute atomic E-state index is 0.132. The molecule has 1 aromatic rings. The van der Waals surface area contributed by atoms with E-state index in [0.29, 0.717) is 5.56 Å². The largest absolute Gasteiger partial charge is 0.394 e. The van der Waals surface area contributed by atoms with Crippen molar-refractivity contribution in [2.45, 2.75) is 61.2 Å². The summed E-state index contributed by atoms with van der Waals surface area (Å²) in [7, 11) is 0. The summed E-state index contributed by atoms with van der Waals surface area (Å²) in [5.41, 5.74) is 0.555. The first-order valence-corrected chi connectivity index (χ1v) is 13.4. The molecule has 14 heteroatoms. The monoisotopic (exact) mass is 585 g/mol. The van der Waals surface area contributed by atoms with Crippen molar-refractivity contribution in [3.63, 3.8) is 0 Å². The quantitative estimate of drug-likeness (QED) is 0.239. The molecule has 0 spiro atoms. The molecule has 12 nitrogen and oxygen atoms in total. The smallest absolute Gasteiger partial charge is 0.248 e. The topological polar surface area (TPSA) is 177 Å². The molecule has 2 saturated heterocycles. The summed E-state index contributed by atoms with van der Waals surface area (Å²) in [5.74, 6) is -4.20. The number of halogens is 2. The van der Waals surface area contributed by atoms with Crippen LogP contribution in [0.5, 0.6) is 0 Å². The van der Waals surface area contributed by atoms with Gasteiger partial charge in [0, 0.05) is 6.54 Å². The molecular weight excluding hydrogens is 553 g/mol. The molecule has 214 valence electrons. The van der Waals surface area contributed by atoms with Crippen molar-refractivity contribution in [3.05, 3.63) is 35.9 Å². The molecule has 0 bridgehead atoms. The van der Waals surface area contributed by atoms with Crippen molar-refractivity contribution in [2.24, 2.45) is 5.92 Å². The molecule has 3 rings (SSSR count). The van der Waals surface area contributed by atoms with Crippen molar-refractivity contribution < 1.29 is 34.2 Å². The van der Waals surface area contributed by atoms with Gasteiger partial charge in [0.15, 0.2) is 0 Å². The number of fused-ring (bicyclic) bond motifs is 1. The molecule has 0 radical (unpaired) electrons. The number of carbonyl (C=O) groups excluding carboxylic acids is 5. The van der Waals surface area contributed by atoms with E-state index >= 15 is 0 Å². The summed E-state index contributed by atoms with van der Waals surface area (Å²) in [6.45, 7) is 1.67. The van der Waals surface area contributed by atoms with Crippen LogP contribution < -0.4 is 21.3 Å². The van der Waals surface area contributed by atoms with Crippen LogP contribution in [0.1, 0.15) is 31.9 Å². The number of amides is 5. The van der Waals surface area contributed by atoms with Gasteiger partial charge in [-0.2, -0.15) is 0 Å². The van der Waals surface area contributed by atoms with Gasteiger partial charge in [0.25, 0.3) is 0 Å². The molecule has 0 aliphatic carbocycles. The zero-order valence-corrected chi connectivity index (χ0v) is 23.0. The number of alkyl halides is 2. The van der Waals surface area contributed by atoms with Gasteiger partial charge in [-0.1, -0.05) is 44.2 Å². The fourth-order valence-electron chi connectivity index (χ4n) is 4.55. The molecule has 2 heterocycles. The summed E-state index contributed by atoms with van der Waals surface area (Å²) < 4.78 is 0. The average Bonchev–Trinajstić information content (AvgIpc) is 3.21. The second-order valence-corrected chi connectivity index (χ2v) is 10.9. The Morgan fingerprint density at radius 1 is 0.872 bits per heavy atom. The number of carbonyl (C=O) groups is 5. The SMILES string of the molecule is CC(C)[C@@H]1NC(=O)[C@@H]2[C@H](Cl)[C@H](Cl)CN2C(=O)[C@H](CO)NC(=O)C[C@H](c2ccccc2)NC(=O)[C@H](CO)NC1=O. The Balaban J connectivity index is 2.02. The van der Waals surface area contributed by atoms with Crippen molar-refractivity contribution >= 4 is 52.7 Å². The Kier molecular flexibility index (Phi) is 10.5. The third kappa shape index (κ3) is 7.18. The second-order valence-electron chi connectivity index (χ2n) is 9.85. The average molecular weight is 586 g/mol. The molecule has 39 heavy (non-hydrogen) atoms. The zero-order chi connectivity index (χ0) is 28.9. The molecule has 0 unspecified atom stereocenters. The van der Waals surface area contributed by atoms with Crippen LogP contribution in [-0.2, 0) is 24.0 Å². The van der Waals surface area contributed by atoms with Crippen molar-refractivity contribution in [1.82, 2.24) is 26.2 Å². The van der Waals surface area contributed by atoms with Crippen LogP contribution in [-0.4, -0.2) is 99.3 Å². The van der Waals surface area contributed by atoms with Crippen LogP contribution in [0.15, 0.2) is 30.3 Å². The van der Waals surface area contributed by atoms with E-state index in [4.69, 9.17) is 23.2 Å². The summed E-state index contributed by atoms with van der Waals surface area (Å²) in [6, 6.07) is 2.36. The molecule has 0 aromatic heterocycles. The highest BCUT2D eigenvalue weighted by Gasteiger charge is 2.48. The Labute approximate surface area is 235 Å². The van der Waals surface area contributed by atoms with E-state index in [1.165, 1.54) is 0 Å². The first kappa shape index (κ1) is 30.6. The molecule has 7 atom stereocenters. The van der Waals surface area contributed by atoms with Gasteiger partial charge in [-0.25, -0.2) is 0 Å². The van der Waals surface area contributed by atoms with E-state index in [9.17, 15) is 34.2 Å². The normalized spacial score (nSPS) is 31.3. The Bertz CT molecular complexity index is 1080. The Morgan fingerprint density at radius 3 is 2.10 bits per heavy atom. The molecule has 1 aromatic carbocycles. The number of aliphatic hydroxyl groups is 2. The number of rotatable bonds is 4. The third-order valence-electron chi connectivity index (χ3n) is 6.69. The lowest BCUT2D eigenvalue weighted by atomic mass is 10.0.